The summed E-state index contributed by atoms with van der Waals surface area (Å²) in [6.45, 7) is 9.37. The van der Waals surface area contributed by atoms with Gasteiger partial charge in [-0.15, -0.1) is 0 Å². The third kappa shape index (κ3) is 3.24. The van der Waals surface area contributed by atoms with E-state index in [1.165, 1.54) is 16.8 Å². The first-order valence-corrected chi connectivity index (χ1v) is 6.47. The lowest BCUT2D eigenvalue weighted by atomic mass is 10.0. The molecule has 0 amide bonds. The van der Waals surface area contributed by atoms with E-state index in [4.69, 9.17) is 0 Å². The monoisotopic (exact) mass is 220 g/mol. The van der Waals surface area contributed by atoms with Crippen molar-refractivity contribution in [1.29, 1.82) is 0 Å². The predicted octanol–water partition coefficient (Wildman–Crippen LogP) is 2.83. The summed E-state index contributed by atoms with van der Waals surface area (Å²) in [7, 11) is 0. The van der Waals surface area contributed by atoms with Gasteiger partial charge in [0.05, 0.1) is 0 Å². The molecule has 2 heteroatoms. The molecule has 2 rings (SSSR count). The van der Waals surface area contributed by atoms with Crippen molar-refractivity contribution in [3.63, 3.8) is 0 Å². The summed E-state index contributed by atoms with van der Waals surface area (Å²) >= 11 is 0. The lowest BCUT2D eigenvalue weighted by molar-refractivity contribution is 0.711. The first kappa shape index (κ1) is 13.0. The molecule has 1 aromatic carbocycles. The van der Waals surface area contributed by atoms with Crippen molar-refractivity contribution in [2.24, 2.45) is 0 Å². The van der Waals surface area contributed by atoms with Crippen molar-refractivity contribution in [3.8, 4) is 0 Å². The molecule has 0 atom stereocenters. The van der Waals surface area contributed by atoms with Gasteiger partial charge in [-0.2, -0.15) is 0 Å². The Morgan fingerprint density at radius 3 is 2.69 bits per heavy atom. The second-order valence-electron chi connectivity index (χ2n) is 3.72. The van der Waals surface area contributed by atoms with Gasteiger partial charge in [0.1, 0.15) is 0 Å². The SMILES string of the molecule is CC.CCNc1cccc2c1CCNCC2. The first-order chi connectivity index (χ1) is 7.92. The number of anilines is 1. The van der Waals surface area contributed by atoms with Gasteiger partial charge in [-0.05, 0) is 50.0 Å². The van der Waals surface area contributed by atoms with Crippen LogP contribution in [0.2, 0.25) is 0 Å². The summed E-state index contributed by atoms with van der Waals surface area (Å²) in [6.07, 6.45) is 2.31. The van der Waals surface area contributed by atoms with E-state index < -0.39 is 0 Å². The molecule has 90 valence electrons. The van der Waals surface area contributed by atoms with Crippen molar-refractivity contribution in [1.82, 2.24) is 5.32 Å². The highest BCUT2D eigenvalue weighted by molar-refractivity contribution is 5.55. The lowest BCUT2D eigenvalue weighted by Gasteiger charge is -2.12. The van der Waals surface area contributed by atoms with E-state index in [1.54, 1.807) is 0 Å². The quantitative estimate of drug-likeness (QED) is 0.801. The average Bonchev–Trinajstić information content (AvgIpc) is 2.58. The molecular weight excluding hydrogens is 196 g/mol. The van der Waals surface area contributed by atoms with Crippen LogP contribution >= 0.6 is 0 Å². The van der Waals surface area contributed by atoms with E-state index in [0.29, 0.717) is 0 Å². The van der Waals surface area contributed by atoms with Crippen LogP contribution in [0.3, 0.4) is 0 Å². The molecule has 16 heavy (non-hydrogen) atoms. The lowest BCUT2D eigenvalue weighted by Crippen LogP contribution is -2.16. The van der Waals surface area contributed by atoms with Crippen molar-refractivity contribution in [2.75, 3.05) is 25.0 Å². The number of benzene rings is 1. The molecule has 0 bridgehead atoms. The van der Waals surface area contributed by atoms with Gasteiger partial charge in [0.15, 0.2) is 0 Å². The van der Waals surface area contributed by atoms with Crippen LogP contribution in [0.25, 0.3) is 0 Å². The zero-order chi connectivity index (χ0) is 11.8. The minimum atomic E-state index is 1.00. The van der Waals surface area contributed by atoms with Gasteiger partial charge in [0, 0.05) is 12.2 Å². The molecule has 0 saturated carbocycles. The first-order valence-electron chi connectivity index (χ1n) is 6.47. The third-order valence-corrected chi connectivity index (χ3v) is 2.76. The van der Waals surface area contributed by atoms with E-state index in [2.05, 4.69) is 35.8 Å². The Morgan fingerprint density at radius 2 is 1.94 bits per heavy atom. The van der Waals surface area contributed by atoms with Crippen molar-refractivity contribution < 1.29 is 0 Å². The zero-order valence-electron chi connectivity index (χ0n) is 10.8. The summed E-state index contributed by atoms with van der Waals surface area (Å²) in [5, 5.41) is 6.87. The van der Waals surface area contributed by atoms with Crippen LogP contribution in [-0.2, 0) is 12.8 Å². The van der Waals surface area contributed by atoms with E-state index >= 15 is 0 Å². The summed E-state index contributed by atoms with van der Waals surface area (Å²) in [6, 6.07) is 6.60. The smallest absolute Gasteiger partial charge is 0.0375 e. The minimum Gasteiger partial charge on any atom is -0.385 e. The molecule has 0 unspecified atom stereocenters. The van der Waals surface area contributed by atoms with Crippen LogP contribution in [-0.4, -0.2) is 19.6 Å². The topological polar surface area (TPSA) is 24.1 Å². The fourth-order valence-electron chi connectivity index (χ4n) is 2.08. The molecular formula is C14H24N2. The molecule has 1 heterocycles. The molecule has 2 nitrogen and oxygen atoms in total. The molecule has 2 N–H and O–H groups in total. The van der Waals surface area contributed by atoms with Crippen LogP contribution in [0.4, 0.5) is 5.69 Å². The fourth-order valence-corrected chi connectivity index (χ4v) is 2.08. The van der Waals surface area contributed by atoms with Gasteiger partial charge in [-0.3, -0.25) is 0 Å². The highest BCUT2D eigenvalue weighted by Gasteiger charge is 2.10. The maximum atomic E-state index is 3.44. The number of hydrogen-bond acceptors (Lipinski definition) is 2. The van der Waals surface area contributed by atoms with Gasteiger partial charge >= 0.3 is 0 Å². The fraction of sp³-hybridized carbons (Fsp3) is 0.571. The molecule has 1 aromatic rings. The Labute approximate surface area is 99.5 Å². The predicted molar refractivity (Wildman–Crippen MR) is 72.2 cm³/mol. The van der Waals surface area contributed by atoms with Crippen LogP contribution < -0.4 is 10.6 Å². The molecule has 0 radical (unpaired) electrons. The molecule has 0 aliphatic carbocycles. The van der Waals surface area contributed by atoms with E-state index in [1.807, 2.05) is 13.8 Å². The second-order valence-corrected chi connectivity index (χ2v) is 3.72. The van der Waals surface area contributed by atoms with E-state index in [0.717, 1.165) is 32.5 Å². The van der Waals surface area contributed by atoms with Gasteiger partial charge in [-0.25, -0.2) is 0 Å². The molecule has 0 saturated heterocycles. The Bertz CT molecular complexity index is 308. The van der Waals surface area contributed by atoms with Crippen molar-refractivity contribution >= 4 is 5.69 Å². The molecule has 0 fully saturated rings. The van der Waals surface area contributed by atoms with Crippen molar-refractivity contribution in [3.05, 3.63) is 29.3 Å². The highest BCUT2D eigenvalue weighted by atomic mass is 14.9. The van der Waals surface area contributed by atoms with Gasteiger partial charge in [0.25, 0.3) is 0 Å². The summed E-state index contributed by atoms with van der Waals surface area (Å²) in [5.74, 6) is 0. The zero-order valence-corrected chi connectivity index (χ0v) is 10.8. The summed E-state index contributed by atoms with van der Waals surface area (Å²) in [5.41, 5.74) is 4.35. The Balaban J connectivity index is 0.000000606. The van der Waals surface area contributed by atoms with E-state index in [-0.39, 0.29) is 0 Å². The maximum absolute atomic E-state index is 3.44. The summed E-state index contributed by atoms with van der Waals surface area (Å²) < 4.78 is 0. The Kier molecular flexibility index (Phi) is 5.94. The Morgan fingerprint density at radius 1 is 1.19 bits per heavy atom. The average molecular weight is 220 g/mol. The summed E-state index contributed by atoms with van der Waals surface area (Å²) in [4.78, 5) is 0. The van der Waals surface area contributed by atoms with Crippen molar-refractivity contribution in [2.45, 2.75) is 33.6 Å². The standard InChI is InChI=1S/C12H18N2.C2H6/c1-2-14-12-5-3-4-10-6-8-13-9-7-11(10)12;1-2/h3-5,13-14H,2,6-9H2,1H3;1-2H3. The van der Waals surface area contributed by atoms with Gasteiger partial charge < -0.3 is 10.6 Å². The van der Waals surface area contributed by atoms with Crippen LogP contribution in [0.5, 0.6) is 0 Å². The molecule has 0 aromatic heterocycles. The van der Waals surface area contributed by atoms with Gasteiger partial charge in [-0.1, -0.05) is 26.0 Å². The minimum absolute atomic E-state index is 1.00. The van der Waals surface area contributed by atoms with Crippen LogP contribution in [0.1, 0.15) is 31.9 Å². The molecule has 0 spiro atoms. The Hall–Kier alpha value is -1.02. The van der Waals surface area contributed by atoms with E-state index in [9.17, 15) is 0 Å². The number of hydrogen-bond donors (Lipinski definition) is 2. The second kappa shape index (κ2) is 7.29. The number of nitrogens with one attached hydrogen (secondary N) is 2. The normalized spacial score (nSPS) is 14.2. The van der Waals surface area contributed by atoms with Crippen LogP contribution in [0.15, 0.2) is 18.2 Å². The molecule has 1 aliphatic rings. The number of rotatable bonds is 2. The van der Waals surface area contributed by atoms with Crippen LogP contribution in [0, 0.1) is 0 Å². The van der Waals surface area contributed by atoms with Gasteiger partial charge in [0.2, 0.25) is 0 Å². The number of fused-ring (bicyclic) bond motifs is 1. The largest absolute Gasteiger partial charge is 0.385 e. The maximum Gasteiger partial charge on any atom is 0.0375 e. The molecule has 1 aliphatic heterocycles. The third-order valence-electron chi connectivity index (χ3n) is 2.76. The highest BCUT2D eigenvalue weighted by Crippen LogP contribution is 2.22.